The van der Waals surface area contributed by atoms with Crippen molar-refractivity contribution in [3.05, 3.63) is 47.0 Å². The average molecular weight is 355 g/mol. The van der Waals surface area contributed by atoms with Crippen molar-refractivity contribution >= 4 is 40.8 Å². The Bertz CT molecular complexity index is 841. The van der Waals surface area contributed by atoms with Gasteiger partial charge in [0, 0.05) is 23.3 Å². The molecule has 130 valence electrons. The zero-order chi connectivity index (χ0) is 18.1. The van der Waals surface area contributed by atoms with Crippen LogP contribution in [0.15, 0.2) is 35.2 Å². The number of aryl methyl sites for hydroxylation is 3. The first-order valence-electron chi connectivity index (χ1n) is 8.04. The van der Waals surface area contributed by atoms with Crippen LogP contribution in [0, 0.1) is 20.8 Å². The third-order valence-electron chi connectivity index (χ3n) is 4.22. The van der Waals surface area contributed by atoms with Crippen molar-refractivity contribution in [1.82, 2.24) is 0 Å². The third-order valence-corrected chi connectivity index (χ3v) is 5.27. The zero-order valence-corrected chi connectivity index (χ0v) is 15.6. The lowest BCUT2D eigenvalue weighted by atomic mass is 10.1. The Balaban J connectivity index is 1.77. The van der Waals surface area contributed by atoms with Crippen LogP contribution in [-0.2, 0) is 4.79 Å². The lowest BCUT2D eigenvalue weighted by Gasteiger charge is -2.25. The predicted octanol–water partition coefficient (Wildman–Crippen LogP) is 4.32. The van der Waals surface area contributed by atoms with Crippen LogP contribution in [0.1, 0.15) is 16.7 Å². The predicted molar refractivity (Wildman–Crippen MR) is 104 cm³/mol. The smallest absolute Gasteiger partial charge is 0.314 e. The van der Waals surface area contributed by atoms with E-state index in [1.165, 1.54) is 17.3 Å². The van der Waals surface area contributed by atoms with Gasteiger partial charge in [0.25, 0.3) is 0 Å². The third kappa shape index (κ3) is 3.64. The molecule has 0 aromatic heterocycles. The monoisotopic (exact) mass is 355 g/mol. The van der Waals surface area contributed by atoms with Gasteiger partial charge in [0.1, 0.15) is 0 Å². The van der Waals surface area contributed by atoms with Crippen LogP contribution in [0.2, 0.25) is 0 Å². The Morgan fingerprint density at radius 1 is 1.08 bits per heavy atom. The van der Waals surface area contributed by atoms with Crippen LogP contribution >= 0.6 is 11.8 Å². The number of carbonyl (C=O) groups excluding carboxylic acids is 2. The molecule has 3 amide bonds. The summed E-state index contributed by atoms with van der Waals surface area (Å²) in [7, 11) is 1.75. The van der Waals surface area contributed by atoms with Gasteiger partial charge in [-0.3, -0.25) is 4.79 Å². The van der Waals surface area contributed by atoms with E-state index in [-0.39, 0.29) is 11.9 Å². The topological polar surface area (TPSA) is 61.4 Å². The van der Waals surface area contributed by atoms with Crippen molar-refractivity contribution < 1.29 is 9.59 Å². The summed E-state index contributed by atoms with van der Waals surface area (Å²) in [5, 5.41) is 5.77. The fourth-order valence-corrected chi connectivity index (χ4v) is 3.98. The Labute approximate surface area is 151 Å². The number of urea groups is 1. The number of thioether (sulfide) groups is 1. The van der Waals surface area contributed by atoms with E-state index in [4.69, 9.17) is 0 Å². The summed E-state index contributed by atoms with van der Waals surface area (Å²) in [6.07, 6.45) is 0. The fourth-order valence-electron chi connectivity index (χ4n) is 3.00. The molecule has 0 bridgehead atoms. The molecule has 1 heterocycles. The minimum Gasteiger partial charge on any atom is -0.314 e. The highest BCUT2D eigenvalue weighted by molar-refractivity contribution is 8.00. The average Bonchev–Trinajstić information content (AvgIpc) is 2.55. The van der Waals surface area contributed by atoms with Crippen molar-refractivity contribution in [2.75, 3.05) is 28.3 Å². The van der Waals surface area contributed by atoms with Crippen LogP contribution in [0.3, 0.4) is 0 Å². The largest absolute Gasteiger partial charge is 0.323 e. The molecule has 2 aromatic carbocycles. The van der Waals surface area contributed by atoms with Crippen LogP contribution in [0.4, 0.5) is 21.9 Å². The number of amides is 3. The Hall–Kier alpha value is -2.47. The summed E-state index contributed by atoms with van der Waals surface area (Å²) in [5.41, 5.74) is 5.52. The number of nitrogens with one attached hydrogen (secondary N) is 2. The zero-order valence-electron chi connectivity index (χ0n) is 14.8. The highest BCUT2D eigenvalue weighted by Crippen LogP contribution is 2.36. The second-order valence-electron chi connectivity index (χ2n) is 6.28. The van der Waals surface area contributed by atoms with Gasteiger partial charge in [0.05, 0.1) is 11.4 Å². The molecule has 6 heteroatoms. The van der Waals surface area contributed by atoms with E-state index in [9.17, 15) is 9.59 Å². The molecule has 1 aliphatic heterocycles. The summed E-state index contributed by atoms with van der Waals surface area (Å²) in [4.78, 5) is 26.9. The lowest BCUT2D eigenvalue weighted by Crippen LogP contribution is -2.31. The van der Waals surface area contributed by atoms with Crippen molar-refractivity contribution in [2.45, 2.75) is 25.7 Å². The molecular formula is C19H21N3O2S. The number of hydrogen-bond donors (Lipinski definition) is 2. The van der Waals surface area contributed by atoms with E-state index in [1.807, 2.05) is 51.1 Å². The van der Waals surface area contributed by atoms with Gasteiger partial charge in [-0.25, -0.2) is 4.79 Å². The Kier molecular flexibility index (Phi) is 4.72. The van der Waals surface area contributed by atoms with Crippen LogP contribution < -0.4 is 15.5 Å². The maximum atomic E-state index is 12.4. The summed E-state index contributed by atoms with van der Waals surface area (Å²) in [6, 6.07) is 9.39. The number of fused-ring (bicyclic) bond motifs is 1. The number of carbonyl (C=O) groups is 2. The molecule has 0 unspecified atom stereocenters. The highest BCUT2D eigenvalue weighted by atomic mass is 32.2. The summed E-state index contributed by atoms with van der Waals surface area (Å²) in [5.74, 6) is 0.507. The number of rotatable bonds is 2. The molecule has 25 heavy (non-hydrogen) atoms. The van der Waals surface area contributed by atoms with Gasteiger partial charge in [0.15, 0.2) is 0 Å². The van der Waals surface area contributed by atoms with Crippen molar-refractivity contribution in [3.63, 3.8) is 0 Å². The maximum Gasteiger partial charge on any atom is 0.323 e. The molecule has 0 fully saturated rings. The van der Waals surface area contributed by atoms with Crippen molar-refractivity contribution in [3.8, 4) is 0 Å². The summed E-state index contributed by atoms with van der Waals surface area (Å²) < 4.78 is 0. The van der Waals surface area contributed by atoms with E-state index < -0.39 is 0 Å². The first-order chi connectivity index (χ1) is 11.8. The molecule has 0 saturated heterocycles. The minimum atomic E-state index is -0.299. The van der Waals surface area contributed by atoms with Crippen LogP contribution in [0.5, 0.6) is 0 Å². The molecule has 0 radical (unpaired) electrons. The first-order valence-corrected chi connectivity index (χ1v) is 9.03. The summed E-state index contributed by atoms with van der Waals surface area (Å²) >= 11 is 1.52. The number of anilines is 3. The van der Waals surface area contributed by atoms with Gasteiger partial charge in [-0.1, -0.05) is 17.7 Å². The number of nitrogens with zero attached hydrogens (tertiary/aromatic N) is 1. The lowest BCUT2D eigenvalue weighted by molar-refractivity contribution is -0.116. The molecule has 2 N–H and O–H groups in total. The van der Waals surface area contributed by atoms with Crippen molar-refractivity contribution in [1.29, 1.82) is 0 Å². The van der Waals surface area contributed by atoms with Gasteiger partial charge in [-0.05, 0) is 50.1 Å². The number of benzene rings is 2. The molecular weight excluding hydrogens is 334 g/mol. The van der Waals surface area contributed by atoms with Gasteiger partial charge < -0.3 is 15.5 Å². The first kappa shape index (κ1) is 17.4. The standard InChI is InChI=1S/C19H21N3O2S/c1-11-7-12(2)18(13(3)8-11)21-19(24)20-14-5-6-16-15(9-14)22(4)17(23)10-25-16/h5-9H,10H2,1-4H3,(H2,20,21,24). The van der Waals surface area contributed by atoms with Gasteiger partial charge >= 0.3 is 6.03 Å². The van der Waals surface area contributed by atoms with E-state index >= 15 is 0 Å². The second kappa shape index (κ2) is 6.80. The molecule has 2 aromatic rings. The molecule has 3 rings (SSSR count). The quantitative estimate of drug-likeness (QED) is 0.843. The van der Waals surface area contributed by atoms with Crippen LogP contribution in [-0.4, -0.2) is 24.7 Å². The second-order valence-corrected chi connectivity index (χ2v) is 7.29. The van der Waals surface area contributed by atoms with Crippen LogP contribution in [0.25, 0.3) is 0 Å². The number of hydrogen-bond acceptors (Lipinski definition) is 3. The minimum absolute atomic E-state index is 0.0602. The Morgan fingerprint density at radius 2 is 1.76 bits per heavy atom. The molecule has 0 aliphatic carbocycles. The molecule has 0 saturated carbocycles. The van der Waals surface area contributed by atoms with E-state index in [1.54, 1.807) is 11.9 Å². The molecule has 5 nitrogen and oxygen atoms in total. The molecule has 0 atom stereocenters. The maximum absolute atomic E-state index is 12.4. The Morgan fingerprint density at radius 3 is 2.44 bits per heavy atom. The molecule has 0 spiro atoms. The van der Waals surface area contributed by atoms with Gasteiger partial charge in [-0.15, -0.1) is 11.8 Å². The fraction of sp³-hybridized carbons (Fsp3) is 0.263. The highest BCUT2D eigenvalue weighted by Gasteiger charge is 2.21. The SMILES string of the molecule is Cc1cc(C)c(NC(=O)Nc2ccc3c(c2)N(C)C(=O)CS3)c(C)c1. The molecule has 1 aliphatic rings. The van der Waals surface area contributed by atoms with E-state index in [0.717, 1.165) is 27.4 Å². The van der Waals surface area contributed by atoms with Crippen molar-refractivity contribution in [2.24, 2.45) is 0 Å². The normalized spacial score (nSPS) is 13.4. The van der Waals surface area contributed by atoms with Gasteiger partial charge in [0.2, 0.25) is 5.91 Å². The van der Waals surface area contributed by atoms with Gasteiger partial charge in [-0.2, -0.15) is 0 Å². The summed E-state index contributed by atoms with van der Waals surface area (Å²) in [6.45, 7) is 5.99. The van der Waals surface area contributed by atoms with E-state index in [2.05, 4.69) is 10.6 Å². The van der Waals surface area contributed by atoms with E-state index in [0.29, 0.717) is 11.4 Å².